The van der Waals surface area contributed by atoms with Crippen molar-refractivity contribution in [2.24, 2.45) is 0 Å². The minimum Gasteiger partial charge on any atom is -0.459 e. The average molecular weight is 139 g/mol. The van der Waals surface area contributed by atoms with Gasteiger partial charge in [0.15, 0.2) is 0 Å². The van der Waals surface area contributed by atoms with Crippen LogP contribution in [0.1, 0.15) is 13.8 Å². The fourth-order valence-electron chi connectivity index (χ4n) is 0.480. The van der Waals surface area contributed by atoms with Crippen molar-refractivity contribution in [2.75, 3.05) is 0 Å². The normalized spacial score (nSPS) is 12.5. The van der Waals surface area contributed by atoms with E-state index in [1.165, 1.54) is 19.1 Å². The van der Waals surface area contributed by atoms with Gasteiger partial charge in [0.1, 0.15) is 6.10 Å². The molecule has 0 bridgehead atoms. The number of ether oxygens (including phenoxy) is 1. The molecule has 54 valence electrons. The zero-order valence-electron chi connectivity index (χ0n) is 6.00. The van der Waals surface area contributed by atoms with Gasteiger partial charge in [0.05, 0.1) is 6.07 Å². The number of esters is 1. The first-order valence-electron chi connectivity index (χ1n) is 2.90. The molecule has 0 fully saturated rings. The number of carbonyl (C=O) groups is 1. The van der Waals surface area contributed by atoms with Crippen LogP contribution in [0.25, 0.3) is 0 Å². The summed E-state index contributed by atoms with van der Waals surface area (Å²) in [5, 5.41) is 8.07. The summed E-state index contributed by atoms with van der Waals surface area (Å²) in [6.07, 6.45) is 2.49. The third-order valence-corrected chi connectivity index (χ3v) is 0.794. The van der Waals surface area contributed by atoms with Gasteiger partial charge in [0.2, 0.25) is 0 Å². The van der Waals surface area contributed by atoms with E-state index in [-0.39, 0.29) is 12.1 Å². The van der Waals surface area contributed by atoms with Gasteiger partial charge in [0, 0.05) is 13.0 Å². The largest absolute Gasteiger partial charge is 0.459 e. The first-order chi connectivity index (χ1) is 4.66. The summed E-state index contributed by atoms with van der Waals surface area (Å²) in [7, 11) is 0. The lowest BCUT2D eigenvalue weighted by atomic mass is 10.3. The molecule has 0 aromatic carbocycles. The molecule has 1 atom stereocenters. The lowest BCUT2D eigenvalue weighted by Crippen LogP contribution is -2.08. The topological polar surface area (TPSA) is 50.1 Å². The van der Waals surface area contributed by atoms with E-state index in [1.807, 2.05) is 0 Å². The van der Waals surface area contributed by atoms with Gasteiger partial charge in [-0.15, -0.1) is 0 Å². The Morgan fingerprint density at radius 1 is 1.80 bits per heavy atom. The molecule has 3 heteroatoms. The fourth-order valence-corrected chi connectivity index (χ4v) is 0.480. The van der Waals surface area contributed by atoms with Crippen molar-refractivity contribution >= 4 is 5.97 Å². The first-order valence-corrected chi connectivity index (χ1v) is 2.90. The lowest BCUT2D eigenvalue weighted by Gasteiger charge is -2.03. The van der Waals surface area contributed by atoms with Gasteiger partial charge in [0.25, 0.3) is 0 Å². The Hall–Kier alpha value is -1.30. The fraction of sp³-hybridized carbons (Fsp3) is 0.429. The Bertz CT molecular complexity index is 179. The van der Waals surface area contributed by atoms with E-state index in [4.69, 9.17) is 5.26 Å². The smallest absolute Gasteiger partial charge is 0.303 e. The number of nitrogens with zero attached hydrogens (tertiary/aromatic N) is 1. The minimum atomic E-state index is -0.338. The molecule has 0 radical (unpaired) electrons. The summed E-state index contributed by atoms with van der Waals surface area (Å²) in [4.78, 5) is 10.3. The van der Waals surface area contributed by atoms with E-state index in [1.54, 1.807) is 13.0 Å². The van der Waals surface area contributed by atoms with Gasteiger partial charge < -0.3 is 4.74 Å². The second-order valence-corrected chi connectivity index (χ2v) is 1.80. The highest BCUT2D eigenvalue weighted by molar-refractivity contribution is 5.66. The van der Waals surface area contributed by atoms with E-state index in [0.717, 1.165) is 0 Å². The predicted molar refractivity (Wildman–Crippen MR) is 36.0 cm³/mol. The zero-order valence-corrected chi connectivity index (χ0v) is 6.00. The van der Waals surface area contributed by atoms with E-state index in [9.17, 15) is 4.79 Å². The number of allylic oxidation sites excluding steroid dienone is 1. The van der Waals surface area contributed by atoms with Crippen LogP contribution in [0.4, 0.5) is 0 Å². The quantitative estimate of drug-likeness (QED) is 0.424. The molecule has 0 amide bonds. The molecule has 0 aliphatic carbocycles. The maximum atomic E-state index is 10.3. The van der Waals surface area contributed by atoms with E-state index < -0.39 is 0 Å². The molecule has 0 aromatic rings. The second kappa shape index (κ2) is 4.57. The van der Waals surface area contributed by atoms with Crippen molar-refractivity contribution < 1.29 is 9.53 Å². The van der Waals surface area contributed by atoms with Crippen molar-refractivity contribution in [3.05, 3.63) is 12.2 Å². The highest BCUT2D eigenvalue weighted by atomic mass is 16.5. The average Bonchev–Trinajstić information content (AvgIpc) is 1.82. The standard InChI is InChI=1S/C7H9NO2/c1-6(4-3-5-8)10-7(2)9/h3-4,6H,1-2H3/b4-3-/t6-/m1/s1. The van der Waals surface area contributed by atoms with Crippen molar-refractivity contribution in [2.45, 2.75) is 20.0 Å². The van der Waals surface area contributed by atoms with E-state index in [2.05, 4.69) is 4.74 Å². The number of hydrogen-bond acceptors (Lipinski definition) is 3. The van der Waals surface area contributed by atoms with Crippen LogP contribution in [-0.4, -0.2) is 12.1 Å². The third-order valence-electron chi connectivity index (χ3n) is 0.794. The maximum Gasteiger partial charge on any atom is 0.303 e. The molecule has 0 heterocycles. The molecule has 0 saturated carbocycles. The van der Waals surface area contributed by atoms with Crippen LogP contribution >= 0.6 is 0 Å². The highest BCUT2D eigenvalue weighted by Crippen LogP contribution is 1.91. The zero-order chi connectivity index (χ0) is 7.98. The summed E-state index contributed by atoms with van der Waals surface area (Å²) >= 11 is 0. The van der Waals surface area contributed by atoms with Crippen LogP contribution in [0.15, 0.2) is 12.2 Å². The Morgan fingerprint density at radius 3 is 2.80 bits per heavy atom. The van der Waals surface area contributed by atoms with E-state index in [0.29, 0.717) is 0 Å². The monoisotopic (exact) mass is 139 g/mol. The number of carbonyl (C=O) groups excluding carboxylic acids is 1. The van der Waals surface area contributed by atoms with Gasteiger partial charge in [-0.1, -0.05) is 0 Å². The summed E-state index contributed by atoms with van der Waals surface area (Å²) in [6.45, 7) is 3.02. The van der Waals surface area contributed by atoms with Crippen LogP contribution in [0.2, 0.25) is 0 Å². The van der Waals surface area contributed by atoms with Crippen molar-refractivity contribution in [3.8, 4) is 6.07 Å². The molecule has 0 aromatic heterocycles. The van der Waals surface area contributed by atoms with Gasteiger partial charge in [-0.3, -0.25) is 4.79 Å². The molecular formula is C7H9NO2. The van der Waals surface area contributed by atoms with Crippen molar-refractivity contribution in [3.63, 3.8) is 0 Å². The van der Waals surface area contributed by atoms with Gasteiger partial charge >= 0.3 is 5.97 Å². The number of nitriles is 1. The number of rotatable bonds is 2. The van der Waals surface area contributed by atoms with Crippen LogP contribution in [0.5, 0.6) is 0 Å². The van der Waals surface area contributed by atoms with Crippen molar-refractivity contribution in [1.82, 2.24) is 0 Å². The van der Waals surface area contributed by atoms with Gasteiger partial charge in [-0.2, -0.15) is 5.26 Å². The molecule has 0 aliphatic rings. The summed E-state index contributed by atoms with van der Waals surface area (Å²) < 4.78 is 4.68. The van der Waals surface area contributed by atoms with E-state index >= 15 is 0 Å². The number of hydrogen-bond donors (Lipinski definition) is 0. The molecule has 3 nitrogen and oxygen atoms in total. The lowest BCUT2D eigenvalue weighted by molar-refractivity contribution is -0.143. The minimum absolute atomic E-state index is 0.308. The van der Waals surface area contributed by atoms with Crippen molar-refractivity contribution in [1.29, 1.82) is 5.26 Å². The first kappa shape index (κ1) is 8.70. The van der Waals surface area contributed by atoms with Crippen LogP contribution in [0, 0.1) is 11.3 Å². The molecule has 0 spiro atoms. The molecule has 0 N–H and O–H groups in total. The highest BCUT2D eigenvalue weighted by Gasteiger charge is 1.97. The van der Waals surface area contributed by atoms with Crippen LogP contribution < -0.4 is 0 Å². The third kappa shape index (κ3) is 4.85. The molecule has 10 heavy (non-hydrogen) atoms. The molecule has 0 unspecified atom stereocenters. The molecule has 0 rings (SSSR count). The SMILES string of the molecule is CC(=O)O[C@H](C)/C=C\C#N. The summed E-state index contributed by atoms with van der Waals surface area (Å²) in [6, 6.07) is 1.80. The van der Waals surface area contributed by atoms with Gasteiger partial charge in [-0.05, 0) is 13.0 Å². The van der Waals surface area contributed by atoms with Crippen LogP contribution in [0.3, 0.4) is 0 Å². The van der Waals surface area contributed by atoms with Crippen LogP contribution in [-0.2, 0) is 9.53 Å². The maximum absolute atomic E-state index is 10.3. The Kier molecular flexibility index (Phi) is 3.97. The van der Waals surface area contributed by atoms with Gasteiger partial charge in [-0.25, -0.2) is 0 Å². The Balaban J connectivity index is 3.66. The molecule has 0 saturated heterocycles. The summed E-state index contributed by atoms with van der Waals surface area (Å²) in [5.74, 6) is -0.338. The second-order valence-electron chi connectivity index (χ2n) is 1.80. The summed E-state index contributed by atoms with van der Waals surface area (Å²) in [5.41, 5.74) is 0. The predicted octanol–water partition coefficient (Wildman–Crippen LogP) is 1.02. The molecule has 0 aliphatic heterocycles. The Labute approximate surface area is 59.9 Å². The Morgan fingerprint density at radius 2 is 2.40 bits per heavy atom. The molecular weight excluding hydrogens is 130 g/mol.